The summed E-state index contributed by atoms with van der Waals surface area (Å²) in [5, 5.41) is 10.9. The van der Waals surface area contributed by atoms with Crippen molar-refractivity contribution in [2.45, 2.75) is 44.1 Å². The van der Waals surface area contributed by atoms with Gasteiger partial charge in [0.05, 0.1) is 19.3 Å². The zero-order valence-corrected chi connectivity index (χ0v) is 16.4. The van der Waals surface area contributed by atoms with E-state index >= 15 is 0 Å². The number of esters is 2. The largest absolute Gasteiger partial charge is 0.468 e. The van der Waals surface area contributed by atoms with Crippen molar-refractivity contribution in [3.05, 3.63) is 30.3 Å². The molecule has 4 saturated carbocycles. The number of para-hydroxylation sites is 1. The first-order valence-electron chi connectivity index (χ1n) is 10.1. The first-order valence-corrected chi connectivity index (χ1v) is 10.1. The van der Waals surface area contributed by atoms with Gasteiger partial charge in [-0.05, 0) is 62.5 Å². The third kappa shape index (κ3) is 4.02. The fourth-order valence-corrected chi connectivity index (χ4v) is 6.10. The van der Waals surface area contributed by atoms with Gasteiger partial charge in [-0.1, -0.05) is 18.2 Å². The minimum Gasteiger partial charge on any atom is -0.468 e. The highest BCUT2D eigenvalue weighted by atomic mass is 16.5. The van der Waals surface area contributed by atoms with Gasteiger partial charge in [0.1, 0.15) is 13.1 Å². The third-order valence-electron chi connectivity index (χ3n) is 6.68. The second kappa shape index (κ2) is 7.39. The molecule has 28 heavy (non-hydrogen) atoms. The Morgan fingerprint density at radius 1 is 1.07 bits per heavy atom. The van der Waals surface area contributed by atoms with Crippen LogP contribution in [0.15, 0.2) is 30.3 Å². The van der Waals surface area contributed by atoms with Crippen LogP contribution in [0.25, 0.3) is 0 Å². The number of carbonyl (C=O) groups is 2. The fourth-order valence-electron chi connectivity index (χ4n) is 6.10. The summed E-state index contributed by atoms with van der Waals surface area (Å²) in [7, 11) is 1.33. The summed E-state index contributed by atoms with van der Waals surface area (Å²) in [6.45, 7) is 0.346. The van der Waals surface area contributed by atoms with Crippen molar-refractivity contribution in [1.29, 1.82) is 0 Å². The van der Waals surface area contributed by atoms with E-state index in [4.69, 9.17) is 9.47 Å². The molecule has 2 atom stereocenters. The van der Waals surface area contributed by atoms with Gasteiger partial charge in [0, 0.05) is 11.1 Å². The quantitative estimate of drug-likeness (QED) is 0.725. The number of carbonyl (C=O) groups excluding carboxylic acids is 2. The highest BCUT2D eigenvalue weighted by Crippen LogP contribution is 2.61. The SMILES string of the molecule is COC(=O)CN(CC(=O)OCC12CC3CC(CC(O)(C3)C1)C2)c1ccccc1. The predicted molar refractivity (Wildman–Crippen MR) is 104 cm³/mol. The van der Waals surface area contributed by atoms with Crippen LogP contribution in [-0.2, 0) is 19.1 Å². The Hall–Kier alpha value is -2.08. The Labute approximate surface area is 165 Å². The zero-order valence-electron chi connectivity index (χ0n) is 16.4. The van der Waals surface area contributed by atoms with Gasteiger partial charge in [0.2, 0.25) is 0 Å². The van der Waals surface area contributed by atoms with E-state index in [1.165, 1.54) is 13.5 Å². The lowest BCUT2D eigenvalue weighted by Gasteiger charge is -2.59. The van der Waals surface area contributed by atoms with Crippen LogP contribution >= 0.6 is 0 Å². The minimum absolute atomic E-state index is 0.00762. The molecule has 4 bridgehead atoms. The normalized spacial score (nSPS) is 32.8. The lowest BCUT2D eigenvalue weighted by molar-refractivity contribution is -0.186. The summed E-state index contributed by atoms with van der Waals surface area (Å²) >= 11 is 0. The molecule has 0 saturated heterocycles. The molecule has 1 aromatic rings. The molecule has 1 N–H and O–H groups in total. The molecule has 0 spiro atoms. The Kier molecular flexibility index (Phi) is 5.08. The number of ether oxygens (including phenoxy) is 2. The second-order valence-corrected chi connectivity index (χ2v) is 9.11. The number of hydrogen-bond acceptors (Lipinski definition) is 6. The van der Waals surface area contributed by atoms with E-state index in [0.717, 1.165) is 37.8 Å². The first-order chi connectivity index (χ1) is 13.4. The van der Waals surface area contributed by atoms with Crippen molar-refractivity contribution >= 4 is 17.6 Å². The van der Waals surface area contributed by atoms with Crippen LogP contribution in [-0.4, -0.2) is 49.5 Å². The summed E-state index contributed by atoms with van der Waals surface area (Å²) in [6.07, 6.45) is 5.84. The van der Waals surface area contributed by atoms with Crippen LogP contribution in [0.5, 0.6) is 0 Å². The summed E-state index contributed by atoms with van der Waals surface area (Å²) in [5.74, 6) is 0.366. The summed E-state index contributed by atoms with van der Waals surface area (Å²) in [5.41, 5.74) is 0.139. The van der Waals surface area contributed by atoms with Gasteiger partial charge >= 0.3 is 11.9 Å². The number of methoxy groups -OCH3 is 1. The molecule has 4 aliphatic carbocycles. The Balaban J connectivity index is 1.38. The van der Waals surface area contributed by atoms with Gasteiger partial charge < -0.3 is 19.5 Å². The maximum Gasteiger partial charge on any atom is 0.325 e. The molecule has 1 aromatic carbocycles. The third-order valence-corrected chi connectivity index (χ3v) is 6.68. The van der Waals surface area contributed by atoms with Crippen molar-refractivity contribution in [3.63, 3.8) is 0 Å². The molecule has 0 radical (unpaired) electrons. The number of nitrogens with zero attached hydrogens (tertiary/aromatic N) is 1. The van der Waals surface area contributed by atoms with Crippen LogP contribution in [0.2, 0.25) is 0 Å². The number of anilines is 1. The smallest absolute Gasteiger partial charge is 0.325 e. The van der Waals surface area contributed by atoms with Crippen molar-refractivity contribution in [3.8, 4) is 0 Å². The second-order valence-electron chi connectivity index (χ2n) is 9.11. The van der Waals surface area contributed by atoms with Crippen LogP contribution < -0.4 is 4.90 Å². The van der Waals surface area contributed by atoms with Crippen LogP contribution in [0.4, 0.5) is 5.69 Å². The van der Waals surface area contributed by atoms with E-state index in [2.05, 4.69) is 0 Å². The zero-order chi connectivity index (χ0) is 19.8. The van der Waals surface area contributed by atoms with Crippen molar-refractivity contribution in [2.75, 3.05) is 31.7 Å². The van der Waals surface area contributed by atoms with Crippen molar-refractivity contribution < 1.29 is 24.2 Å². The lowest BCUT2D eigenvalue weighted by Crippen LogP contribution is -2.57. The number of aliphatic hydroxyl groups is 1. The highest BCUT2D eigenvalue weighted by Gasteiger charge is 2.57. The average Bonchev–Trinajstić information content (AvgIpc) is 2.64. The van der Waals surface area contributed by atoms with Gasteiger partial charge in [-0.3, -0.25) is 9.59 Å². The van der Waals surface area contributed by atoms with E-state index in [9.17, 15) is 14.7 Å². The molecule has 6 heteroatoms. The Bertz CT molecular complexity index is 720. The molecule has 0 heterocycles. The predicted octanol–water partition coefficient (Wildman–Crippen LogP) is 2.54. The van der Waals surface area contributed by atoms with E-state index in [1.807, 2.05) is 30.3 Å². The highest BCUT2D eigenvalue weighted by molar-refractivity contribution is 5.81. The van der Waals surface area contributed by atoms with Gasteiger partial charge in [-0.25, -0.2) is 0 Å². The summed E-state index contributed by atoms with van der Waals surface area (Å²) < 4.78 is 10.5. The number of hydrogen-bond donors (Lipinski definition) is 1. The molecular weight excluding hydrogens is 358 g/mol. The molecule has 0 aliphatic heterocycles. The molecule has 0 amide bonds. The molecule has 0 aromatic heterocycles. The standard InChI is InChI=1S/C22H29NO5/c1-27-19(24)12-23(18-5-3-2-4-6-18)13-20(25)28-15-21-8-16-7-17(9-21)11-22(26,10-16)14-21/h2-6,16-17,26H,7-15H2,1H3. The molecule has 4 fully saturated rings. The van der Waals surface area contributed by atoms with E-state index in [-0.39, 0.29) is 24.5 Å². The van der Waals surface area contributed by atoms with Crippen molar-refractivity contribution in [1.82, 2.24) is 0 Å². The minimum atomic E-state index is -0.558. The lowest BCUT2D eigenvalue weighted by atomic mass is 9.48. The van der Waals surface area contributed by atoms with Crippen LogP contribution in [0, 0.1) is 17.3 Å². The monoisotopic (exact) mass is 387 g/mol. The van der Waals surface area contributed by atoms with Gasteiger partial charge in [-0.15, -0.1) is 0 Å². The van der Waals surface area contributed by atoms with Gasteiger partial charge in [0.15, 0.2) is 0 Å². The molecule has 6 nitrogen and oxygen atoms in total. The van der Waals surface area contributed by atoms with E-state index in [1.54, 1.807) is 4.90 Å². The number of rotatable bonds is 7. The molecule has 2 unspecified atom stereocenters. The summed E-state index contributed by atoms with van der Waals surface area (Å²) in [4.78, 5) is 26.0. The van der Waals surface area contributed by atoms with Crippen molar-refractivity contribution in [2.24, 2.45) is 17.3 Å². The maximum absolute atomic E-state index is 12.6. The molecule has 5 rings (SSSR count). The van der Waals surface area contributed by atoms with E-state index in [0.29, 0.717) is 18.4 Å². The number of benzene rings is 1. The first kappa shape index (κ1) is 19.2. The topological polar surface area (TPSA) is 76.1 Å². The molecule has 152 valence electrons. The molecule has 4 aliphatic rings. The van der Waals surface area contributed by atoms with Crippen LogP contribution in [0.3, 0.4) is 0 Å². The van der Waals surface area contributed by atoms with E-state index < -0.39 is 11.6 Å². The van der Waals surface area contributed by atoms with Gasteiger partial charge in [0.25, 0.3) is 0 Å². The molecular formula is C22H29NO5. The maximum atomic E-state index is 12.6. The van der Waals surface area contributed by atoms with Crippen LogP contribution in [0.1, 0.15) is 38.5 Å². The van der Waals surface area contributed by atoms with Gasteiger partial charge in [-0.2, -0.15) is 0 Å². The summed E-state index contributed by atoms with van der Waals surface area (Å²) in [6, 6.07) is 9.31. The average molecular weight is 387 g/mol. The fraction of sp³-hybridized carbons (Fsp3) is 0.636. The Morgan fingerprint density at radius 2 is 1.71 bits per heavy atom. The Morgan fingerprint density at radius 3 is 2.32 bits per heavy atom.